The van der Waals surface area contributed by atoms with Crippen LogP contribution < -0.4 is 5.32 Å². The van der Waals surface area contributed by atoms with Gasteiger partial charge in [0.2, 0.25) is 0 Å². The average molecular weight is 588 g/mol. The topological polar surface area (TPSA) is 116 Å². The van der Waals surface area contributed by atoms with E-state index in [0.717, 1.165) is 6.07 Å². The van der Waals surface area contributed by atoms with Gasteiger partial charge in [-0.2, -0.15) is 0 Å². The molecular formula is C26H25ClF3NO7S. The van der Waals surface area contributed by atoms with Crippen LogP contribution in [0, 0.1) is 29.3 Å². The van der Waals surface area contributed by atoms with Crippen LogP contribution in [0.25, 0.3) is 0 Å². The number of fused-ring (bicyclic) bond motifs is 2. The van der Waals surface area contributed by atoms with Crippen molar-refractivity contribution >= 4 is 45.0 Å². The van der Waals surface area contributed by atoms with Crippen molar-refractivity contribution in [3.8, 4) is 0 Å². The van der Waals surface area contributed by atoms with E-state index in [1.807, 2.05) is 0 Å². The van der Waals surface area contributed by atoms with Gasteiger partial charge in [-0.3, -0.25) is 14.4 Å². The van der Waals surface area contributed by atoms with Gasteiger partial charge < -0.3 is 14.8 Å². The Morgan fingerprint density at radius 1 is 1.00 bits per heavy atom. The van der Waals surface area contributed by atoms with Gasteiger partial charge in [-0.15, -0.1) is 0 Å². The minimum absolute atomic E-state index is 0.124. The van der Waals surface area contributed by atoms with Gasteiger partial charge in [0, 0.05) is 37.2 Å². The number of benzene rings is 2. The number of anilines is 1. The molecule has 0 spiro atoms. The number of carbonyl (C=O) groups excluding carboxylic acids is 3. The third kappa shape index (κ3) is 5.91. The summed E-state index contributed by atoms with van der Waals surface area (Å²) in [6.45, 7) is 2.26. The molecule has 0 radical (unpaired) electrons. The van der Waals surface area contributed by atoms with Gasteiger partial charge in [0.25, 0.3) is 5.91 Å². The molecule has 0 aromatic heterocycles. The van der Waals surface area contributed by atoms with Crippen LogP contribution in [-0.2, 0) is 28.9 Å². The highest BCUT2D eigenvalue weighted by Crippen LogP contribution is 2.52. The number of hydrogen-bond donors (Lipinski definition) is 1. The Bertz CT molecular complexity index is 1410. The molecule has 210 valence electrons. The quantitative estimate of drug-likeness (QED) is 0.364. The predicted molar refractivity (Wildman–Crippen MR) is 133 cm³/mol. The fraction of sp³-hybridized carbons (Fsp3) is 0.423. The van der Waals surface area contributed by atoms with Crippen molar-refractivity contribution in [2.45, 2.75) is 55.3 Å². The van der Waals surface area contributed by atoms with E-state index < -0.39 is 67.8 Å². The zero-order chi connectivity index (χ0) is 28.7. The second kappa shape index (κ2) is 10.8. The molecule has 4 atom stereocenters. The van der Waals surface area contributed by atoms with E-state index in [1.165, 1.54) is 26.0 Å². The number of esters is 2. The Morgan fingerprint density at radius 3 is 2.13 bits per heavy atom. The summed E-state index contributed by atoms with van der Waals surface area (Å²) in [5, 5.41) is 1.20. The first-order chi connectivity index (χ1) is 18.2. The summed E-state index contributed by atoms with van der Waals surface area (Å²) >= 11 is 6.27. The summed E-state index contributed by atoms with van der Waals surface area (Å²) in [6, 6.07) is 4.73. The standard InChI is InChI=1S/C26H25ClF3NO7S/c1-13(32)37-12-26(38-14(2)33)10-16-3-4-17(11-26)24(16)39(35,36)22-7-15(5-6-19(22)27)25(34)31-18-8-20(28)23(30)21(29)9-18/h5-9,16-17,24H,3-4,10-12H2,1-2H3,(H,31,34)/t16-,17?,24?,26-/m1/s1. The predicted octanol–water partition coefficient (Wildman–Crippen LogP) is 4.84. The molecule has 2 unspecified atom stereocenters. The molecule has 4 rings (SSSR count). The maximum atomic E-state index is 13.9. The van der Waals surface area contributed by atoms with Crippen LogP contribution in [0.1, 0.15) is 49.9 Å². The van der Waals surface area contributed by atoms with Crippen LogP contribution in [-0.4, -0.2) is 43.7 Å². The summed E-state index contributed by atoms with van der Waals surface area (Å²) in [5.74, 6) is -7.62. The summed E-state index contributed by atoms with van der Waals surface area (Å²) in [5.41, 5.74) is -1.67. The zero-order valence-corrected chi connectivity index (χ0v) is 22.5. The van der Waals surface area contributed by atoms with Gasteiger partial charge in [-0.1, -0.05) is 11.6 Å². The Kier molecular flexibility index (Phi) is 8.00. The van der Waals surface area contributed by atoms with Gasteiger partial charge in [-0.25, -0.2) is 21.6 Å². The molecule has 0 aliphatic heterocycles. The van der Waals surface area contributed by atoms with Crippen molar-refractivity contribution < 1.29 is 45.4 Å². The number of amides is 1. The van der Waals surface area contributed by atoms with E-state index in [1.54, 1.807) is 0 Å². The van der Waals surface area contributed by atoms with Crippen LogP contribution in [0.5, 0.6) is 0 Å². The first-order valence-electron chi connectivity index (χ1n) is 12.0. The molecule has 0 saturated heterocycles. The third-order valence-corrected chi connectivity index (χ3v) is 9.98. The van der Waals surface area contributed by atoms with Crippen molar-refractivity contribution in [2.24, 2.45) is 11.8 Å². The third-order valence-electron chi connectivity index (χ3n) is 7.10. The van der Waals surface area contributed by atoms with Gasteiger partial charge in [0.15, 0.2) is 27.3 Å². The SMILES string of the molecule is CC(=O)OC[C@]1(OC(C)=O)CC2CC[C@H](C1)C2S(=O)(=O)c1cc(C(=O)Nc2cc(F)c(F)c(F)c2)ccc1Cl. The lowest BCUT2D eigenvalue weighted by atomic mass is 9.77. The minimum Gasteiger partial charge on any atom is -0.462 e. The molecule has 0 heterocycles. The average Bonchev–Trinajstić information content (AvgIpc) is 3.14. The number of hydrogen-bond acceptors (Lipinski definition) is 7. The molecule has 1 amide bonds. The fourth-order valence-corrected chi connectivity index (χ4v) is 8.58. The van der Waals surface area contributed by atoms with E-state index in [9.17, 15) is 36.0 Å². The molecule has 39 heavy (non-hydrogen) atoms. The summed E-state index contributed by atoms with van der Waals surface area (Å²) < 4.78 is 78.8. The van der Waals surface area contributed by atoms with E-state index in [2.05, 4.69) is 5.32 Å². The van der Waals surface area contributed by atoms with Gasteiger partial charge in [-0.05, 0) is 55.7 Å². The van der Waals surface area contributed by atoms with Crippen molar-refractivity contribution in [1.29, 1.82) is 0 Å². The molecule has 2 bridgehead atoms. The molecule has 2 saturated carbocycles. The Labute approximate surface area is 227 Å². The lowest BCUT2D eigenvalue weighted by molar-refractivity contribution is -0.177. The van der Waals surface area contributed by atoms with Gasteiger partial charge in [0.05, 0.1) is 15.2 Å². The smallest absolute Gasteiger partial charge is 0.303 e. The van der Waals surface area contributed by atoms with Gasteiger partial charge >= 0.3 is 11.9 Å². The van der Waals surface area contributed by atoms with Crippen LogP contribution in [0.15, 0.2) is 35.2 Å². The fourth-order valence-electron chi connectivity index (χ4n) is 5.73. The summed E-state index contributed by atoms with van der Waals surface area (Å²) in [7, 11) is -4.12. The number of ether oxygens (including phenoxy) is 2. The molecule has 13 heteroatoms. The van der Waals surface area contributed by atoms with E-state index in [-0.39, 0.29) is 40.6 Å². The lowest BCUT2D eigenvalue weighted by Gasteiger charge is -2.42. The first-order valence-corrected chi connectivity index (χ1v) is 14.0. The van der Waals surface area contributed by atoms with Crippen LogP contribution in [0.2, 0.25) is 5.02 Å². The van der Waals surface area contributed by atoms with E-state index >= 15 is 0 Å². The van der Waals surface area contributed by atoms with Crippen LogP contribution >= 0.6 is 11.6 Å². The maximum absolute atomic E-state index is 13.9. The second-order valence-corrected chi connectivity index (χ2v) is 12.4. The van der Waals surface area contributed by atoms with Crippen LogP contribution in [0.3, 0.4) is 0 Å². The number of carbonyl (C=O) groups is 3. The molecule has 2 aromatic rings. The number of rotatable bonds is 7. The highest BCUT2D eigenvalue weighted by Gasteiger charge is 2.56. The second-order valence-electron chi connectivity index (χ2n) is 9.93. The zero-order valence-electron chi connectivity index (χ0n) is 20.9. The number of nitrogens with one attached hydrogen (secondary N) is 1. The normalized spacial score (nSPS) is 24.2. The Hall–Kier alpha value is -3.12. The molecule has 8 nitrogen and oxygen atoms in total. The number of halogens is 4. The van der Waals surface area contributed by atoms with Gasteiger partial charge in [0.1, 0.15) is 12.2 Å². The first kappa shape index (κ1) is 28.9. The number of sulfone groups is 1. The van der Waals surface area contributed by atoms with Crippen LogP contribution in [0.4, 0.5) is 18.9 Å². The Morgan fingerprint density at radius 2 is 1.59 bits per heavy atom. The van der Waals surface area contributed by atoms with Crippen molar-refractivity contribution in [2.75, 3.05) is 11.9 Å². The summed E-state index contributed by atoms with van der Waals surface area (Å²) in [4.78, 5) is 35.7. The highest BCUT2D eigenvalue weighted by molar-refractivity contribution is 7.92. The van der Waals surface area contributed by atoms with E-state index in [4.69, 9.17) is 21.1 Å². The molecular weight excluding hydrogens is 563 g/mol. The molecule has 2 aliphatic rings. The highest BCUT2D eigenvalue weighted by atomic mass is 35.5. The molecule has 2 fully saturated rings. The largest absolute Gasteiger partial charge is 0.462 e. The summed E-state index contributed by atoms with van der Waals surface area (Å²) in [6.07, 6.45) is 1.35. The van der Waals surface area contributed by atoms with Crippen molar-refractivity contribution in [3.63, 3.8) is 0 Å². The molecule has 2 aliphatic carbocycles. The van der Waals surface area contributed by atoms with Crippen molar-refractivity contribution in [1.82, 2.24) is 0 Å². The van der Waals surface area contributed by atoms with E-state index in [0.29, 0.717) is 25.0 Å². The molecule has 1 N–H and O–H groups in total. The maximum Gasteiger partial charge on any atom is 0.303 e. The lowest BCUT2D eigenvalue weighted by Crippen LogP contribution is -2.51. The monoisotopic (exact) mass is 587 g/mol. The molecule has 2 aromatic carbocycles. The Balaban J connectivity index is 1.61. The minimum atomic E-state index is -4.12. The van der Waals surface area contributed by atoms with Crippen molar-refractivity contribution in [3.05, 3.63) is 58.4 Å².